The second-order valence-electron chi connectivity index (χ2n) is 6.81. The molecule has 0 fully saturated rings. The Kier molecular flexibility index (Phi) is 5.79. The van der Waals surface area contributed by atoms with E-state index in [9.17, 15) is 14.0 Å². The van der Waals surface area contributed by atoms with Gasteiger partial charge in [-0.25, -0.2) is 9.18 Å². The molecule has 0 aliphatic carbocycles. The van der Waals surface area contributed by atoms with Crippen LogP contribution in [0, 0.1) is 11.7 Å². The Morgan fingerprint density at radius 2 is 1.93 bits per heavy atom. The molecule has 3 amide bonds. The standard InChI is InChI=1S/C20H21BrFN3O2/c1-12(2)18(19(26)25-10-9-13-5-3-4-6-17(13)25)24-20(27)23-16-8-7-14(21)11-15(16)22/h3-8,11-12,18H,9-10H2,1-2H3,(H2,23,24,27). The summed E-state index contributed by atoms with van der Waals surface area (Å²) < 4.78 is 14.5. The summed E-state index contributed by atoms with van der Waals surface area (Å²) >= 11 is 3.17. The molecule has 2 N–H and O–H groups in total. The third kappa shape index (κ3) is 4.30. The molecule has 1 heterocycles. The van der Waals surface area contributed by atoms with Crippen LogP contribution in [0.5, 0.6) is 0 Å². The zero-order chi connectivity index (χ0) is 19.6. The van der Waals surface area contributed by atoms with Gasteiger partial charge < -0.3 is 15.5 Å². The van der Waals surface area contributed by atoms with Crippen molar-refractivity contribution < 1.29 is 14.0 Å². The Morgan fingerprint density at radius 3 is 2.63 bits per heavy atom. The number of fused-ring (bicyclic) bond motifs is 1. The summed E-state index contributed by atoms with van der Waals surface area (Å²) in [5, 5.41) is 5.17. The van der Waals surface area contributed by atoms with E-state index in [1.807, 2.05) is 38.1 Å². The van der Waals surface area contributed by atoms with Gasteiger partial charge in [0.2, 0.25) is 5.91 Å². The minimum absolute atomic E-state index is 0.0529. The molecule has 0 spiro atoms. The molecule has 27 heavy (non-hydrogen) atoms. The highest BCUT2D eigenvalue weighted by Crippen LogP contribution is 2.28. The van der Waals surface area contributed by atoms with E-state index in [2.05, 4.69) is 26.6 Å². The molecular weight excluding hydrogens is 413 g/mol. The number of halogens is 2. The van der Waals surface area contributed by atoms with E-state index in [-0.39, 0.29) is 17.5 Å². The van der Waals surface area contributed by atoms with E-state index in [4.69, 9.17) is 0 Å². The van der Waals surface area contributed by atoms with Crippen LogP contribution < -0.4 is 15.5 Å². The van der Waals surface area contributed by atoms with E-state index in [1.54, 1.807) is 11.0 Å². The second kappa shape index (κ2) is 8.08. The van der Waals surface area contributed by atoms with Gasteiger partial charge >= 0.3 is 6.03 Å². The van der Waals surface area contributed by atoms with E-state index < -0.39 is 17.9 Å². The fraction of sp³-hybridized carbons (Fsp3) is 0.300. The lowest BCUT2D eigenvalue weighted by atomic mass is 10.0. The first kappa shape index (κ1) is 19.4. The summed E-state index contributed by atoms with van der Waals surface area (Å²) in [6, 6.07) is 10.8. The highest BCUT2D eigenvalue weighted by molar-refractivity contribution is 9.10. The van der Waals surface area contributed by atoms with Crippen molar-refractivity contribution in [2.45, 2.75) is 26.3 Å². The predicted molar refractivity (Wildman–Crippen MR) is 107 cm³/mol. The molecule has 7 heteroatoms. The molecule has 1 aliphatic rings. The van der Waals surface area contributed by atoms with Crippen molar-refractivity contribution in [1.29, 1.82) is 0 Å². The summed E-state index contributed by atoms with van der Waals surface area (Å²) in [4.78, 5) is 27.1. The quantitative estimate of drug-likeness (QED) is 0.753. The summed E-state index contributed by atoms with van der Waals surface area (Å²) in [5.41, 5.74) is 2.06. The van der Waals surface area contributed by atoms with Gasteiger partial charge in [-0.1, -0.05) is 48.0 Å². The number of rotatable bonds is 4. The fourth-order valence-electron chi connectivity index (χ4n) is 3.14. The first-order valence-corrected chi connectivity index (χ1v) is 9.58. The van der Waals surface area contributed by atoms with Gasteiger partial charge in [0.1, 0.15) is 11.9 Å². The maximum atomic E-state index is 13.9. The van der Waals surface area contributed by atoms with Crippen LogP contribution in [-0.4, -0.2) is 24.5 Å². The average molecular weight is 434 g/mol. The van der Waals surface area contributed by atoms with Crippen LogP contribution in [0.1, 0.15) is 19.4 Å². The van der Waals surface area contributed by atoms with E-state index in [0.717, 1.165) is 17.7 Å². The molecule has 0 radical (unpaired) electrons. The SMILES string of the molecule is CC(C)C(NC(=O)Nc1ccc(Br)cc1F)C(=O)N1CCc2ccccc21. The maximum Gasteiger partial charge on any atom is 0.319 e. The van der Waals surface area contributed by atoms with Crippen LogP contribution >= 0.6 is 15.9 Å². The molecule has 1 unspecified atom stereocenters. The Balaban J connectivity index is 1.72. The van der Waals surface area contributed by atoms with Crippen molar-refractivity contribution in [2.24, 2.45) is 5.92 Å². The lowest BCUT2D eigenvalue weighted by Crippen LogP contribution is -2.52. The Labute approximate surface area is 166 Å². The number of benzene rings is 2. The van der Waals surface area contributed by atoms with Gasteiger partial charge in [0.15, 0.2) is 0 Å². The smallest absolute Gasteiger partial charge is 0.319 e. The molecule has 0 saturated carbocycles. The van der Waals surface area contributed by atoms with Crippen LogP contribution in [0.15, 0.2) is 46.9 Å². The van der Waals surface area contributed by atoms with Gasteiger partial charge in [-0.3, -0.25) is 4.79 Å². The van der Waals surface area contributed by atoms with Crippen molar-refractivity contribution in [2.75, 3.05) is 16.8 Å². The highest BCUT2D eigenvalue weighted by atomic mass is 79.9. The number of carbonyl (C=O) groups is 2. The third-order valence-electron chi connectivity index (χ3n) is 4.55. The van der Waals surface area contributed by atoms with Gasteiger partial charge in [0.25, 0.3) is 0 Å². The fourth-order valence-corrected chi connectivity index (χ4v) is 3.47. The zero-order valence-corrected chi connectivity index (χ0v) is 16.7. The molecule has 5 nitrogen and oxygen atoms in total. The number of amides is 3. The van der Waals surface area contributed by atoms with Gasteiger partial charge in [-0.2, -0.15) is 0 Å². The number of hydrogen-bond donors (Lipinski definition) is 2. The molecule has 0 saturated heterocycles. The molecule has 1 atom stereocenters. The highest BCUT2D eigenvalue weighted by Gasteiger charge is 2.32. The molecule has 2 aromatic rings. The molecule has 1 aliphatic heterocycles. The number of nitrogens with zero attached hydrogens (tertiary/aromatic N) is 1. The van der Waals surface area contributed by atoms with Crippen LogP contribution in [0.4, 0.5) is 20.6 Å². The number of hydrogen-bond acceptors (Lipinski definition) is 2. The van der Waals surface area contributed by atoms with Crippen molar-refractivity contribution >= 4 is 39.2 Å². The van der Waals surface area contributed by atoms with Gasteiger partial charge in [0, 0.05) is 16.7 Å². The van der Waals surface area contributed by atoms with Crippen LogP contribution in [-0.2, 0) is 11.2 Å². The third-order valence-corrected chi connectivity index (χ3v) is 5.05. The van der Waals surface area contributed by atoms with E-state index >= 15 is 0 Å². The van der Waals surface area contributed by atoms with E-state index in [0.29, 0.717) is 11.0 Å². The van der Waals surface area contributed by atoms with Crippen molar-refractivity contribution in [1.82, 2.24) is 5.32 Å². The summed E-state index contributed by atoms with van der Waals surface area (Å²) in [7, 11) is 0. The minimum atomic E-state index is -0.713. The predicted octanol–water partition coefficient (Wildman–Crippen LogP) is 4.32. The Bertz CT molecular complexity index is 872. The zero-order valence-electron chi connectivity index (χ0n) is 15.1. The first-order chi connectivity index (χ1) is 12.9. The average Bonchev–Trinajstić information content (AvgIpc) is 3.05. The topological polar surface area (TPSA) is 61.4 Å². The summed E-state index contributed by atoms with van der Waals surface area (Å²) in [5.74, 6) is -0.840. The molecule has 3 rings (SSSR count). The lowest BCUT2D eigenvalue weighted by molar-refractivity contribution is -0.121. The second-order valence-corrected chi connectivity index (χ2v) is 7.73. The molecular formula is C20H21BrFN3O2. The molecule has 0 bridgehead atoms. The normalized spacial score (nSPS) is 14.0. The maximum absolute atomic E-state index is 13.9. The van der Waals surface area contributed by atoms with Crippen LogP contribution in [0.2, 0.25) is 0 Å². The lowest BCUT2D eigenvalue weighted by Gasteiger charge is -2.27. The van der Waals surface area contributed by atoms with Crippen molar-refractivity contribution in [3.8, 4) is 0 Å². The Hall–Kier alpha value is -2.41. The minimum Gasteiger partial charge on any atom is -0.326 e. The number of anilines is 2. The molecule has 142 valence electrons. The van der Waals surface area contributed by atoms with Crippen molar-refractivity contribution in [3.05, 3.63) is 58.3 Å². The van der Waals surface area contributed by atoms with Gasteiger partial charge in [-0.15, -0.1) is 0 Å². The number of urea groups is 1. The number of para-hydroxylation sites is 1. The van der Waals surface area contributed by atoms with E-state index in [1.165, 1.54) is 12.1 Å². The van der Waals surface area contributed by atoms with Crippen LogP contribution in [0.3, 0.4) is 0 Å². The number of carbonyl (C=O) groups excluding carboxylic acids is 2. The number of nitrogens with one attached hydrogen (secondary N) is 2. The van der Waals surface area contributed by atoms with Gasteiger partial charge in [-0.05, 0) is 42.2 Å². The largest absolute Gasteiger partial charge is 0.326 e. The summed E-state index contributed by atoms with van der Waals surface area (Å²) in [6.45, 7) is 4.32. The monoisotopic (exact) mass is 433 g/mol. The van der Waals surface area contributed by atoms with Gasteiger partial charge in [0.05, 0.1) is 5.69 Å². The van der Waals surface area contributed by atoms with Crippen molar-refractivity contribution in [3.63, 3.8) is 0 Å². The molecule has 0 aromatic heterocycles. The summed E-state index contributed by atoms with van der Waals surface area (Å²) in [6.07, 6.45) is 0.795. The first-order valence-electron chi connectivity index (χ1n) is 8.78. The Morgan fingerprint density at radius 1 is 1.19 bits per heavy atom. The molecule has 2 aromatic carbocycles. The van der Waals surface area contributed by atoms with Crippen LogP contribution in [0.25, 0.3) is 0 Å².